The third-order valence-corrected chi connectivity index (χ3v) is 3.54. The lowest BCUT2D eigenvalue weighted by atomic mass is 9.82. The molecule has 0 aromatic heterocycles. The summed E-state index contributed by atoms with van der Waals surface area (Å²) in [6, 6.07) is 0. The third-order valence-electron chi connectivity index (χ3n) is 3.54. The zero-order valence-electron chi connectivity index (χ0n) is 8.79. The van der Waals surface area contributed by atoms with Crippen LogP contribution >= 0.6 is 0 Å². The lowest BCUT2D eigenvalue weighted by molar-refractivity contribution is -0.143. The minimum atomic E-state index is -0.906. The van der Waals surface area contributed by atoms with Gasteiger partial charge in [0, 0.05) is 6.42 Å². The van der Waals surface area contributed by atoms with Crippen LogP contribution in [0.25, 0.3) is 0 Å². The number of carbonyl (C=O) groups is 2. The van der Waals surface area contributed by atoms with Gasteiger partial charge in [0.25, 0.3) is 0 Å². The first-order valence-electron chi connectivity index (χ1n) is 5.67. The third kappa shape index (κ3) is 2.30. The molecular weight excluding hydrogens is 194 g/mol. The maximum Gasteiger partial charge on any atom is 0.329 e. The highest BCUT2D eigenvalue weighted by molar-refractivity contribution is 5.89. The number of nitrogens with one attached hydrogen (secondary N) is 1. The van der Waals surface area contributed by atoms with Crippen molar-refractivity contribution in [1.82, 2.24) is 5.32 Å². The zero-order valence-corrected chi connectivity index (χ0v) is 8.79. The molecule has 0 spiro atoms. The molecule has 2 rings (SSSR count). The first-order valence-corrected chi connectivity index (χ1v) is 5.67. The number of amides is 1. The molecule has 2 aliphatic rings. The van der Waals surface area contributed by atoms with Gasteiger partial charge >= 0.3 is 5.97 Å². The van der Waals surface area contributed by atoms with E-state index in [1.54, 1.807) is 0 Å². The largest absolute Gasteiger partial charge is 0.480 e. The van der Waals surface area contributed by atoms with E-state index in [9.17, 15) is 9.59 Å². The van der Waals surface area contributed by atoms with Gasteiger partial charge in [-0.05, 0) is 25.2 Å². The second-order valence-electron chi connectivity index (χ2n) is 4.77. The first kappa shape index (κ1) is 10.5. The summed E-state index contributed by atoms with van der Waals surface area (Å²) in [6.45, 7) is 0. The summed E-state index contributed by atoms with van der Waals surface area (Å²) in [6.07, 6.45) is 6.32. The molecule has 0 aliphatic heterocycles. The summed E-state index contributed by atoms with van der Waals surface area (Å²) in [7, 11) is 0. The molecule has 2 saturated carbocycles. The van der Waals surface area contributed by atoms with E-state index in [0.717, 1.165) is 6.42 Å². The van der Waals surface area contributed by atoms with Crippen LogP contribution in [0.5, 0.6) is 0 Å². The molecule has 0 radical (unpaired) electrons. The summed E-state index contributed by atoms with van der Waals surface area (Å²) in [4.78, 5) is 22.3. The summed E-state index contributed by atoms with van der Waals surface area (Å²) >= 11 is 0. The summed E-state index contributed by atoms with van der Waals surface area (Å²) in [5.41, 5.74) is -0.906. The average Bonchev–Trinajstić information content (AvgIpc) is 2.82. The maximum atomic E-state index is 11.5. The Morgan fingerprint density at radius 3 is 2.40 bits per heavy atom. The lowest BCUT2D eigenvalue weighted by Crippen LogP contribution is -2.43. The summed E-state index contributed by atoms with van der Waals surface area (Å²) in [5.74, 6) is -0.281. The van der Waals surface area contributed by atoms with Gasteiger partial charge in [0.1, 0.15) is 5.54 Å². The van der Waals surface area contributed by atoms with Crippen LogP contribution in [-0.2, 0) is 9.59 Å². The van der Waals surface area contributed by atoms with Crippen LogP contribution in [0.4, 0.5) is 0 Å². The molecule has 0 unspecified atom stereocenters. The number of hydrogen-bond acceptors (Lipinski definition) is 2. The van der Waals surface area contributed by atoms with Crippen molar-refractivity contribution in [3.05, 3.63) is 0 Å². The van der Waals surface area contributed by atoms with Crippen molar-refractivity contribution in [1.29, 1.82) is 0 Å². The number of carboxylic acid groups (broad SMARTS) is 1. The van der Waals surface area contributed by atoms with E-state index in [-0.39, 0.29) is 5.91 Å². The number of rotatable bonds is 5. The summed E-state index contributed by atoms with van der Waals surface area (Å²) in [5, 5.41) is 11.5. The topological polar surface area (TPSA) is 66.4 Å². The molecule has 0 aromatic carbocycles. The minimum Gasteiger partial charge on any atom is -0.480 e. The standard InChI is InChI=1S/C11H17NO3/c13-9(5-4-8-2-1-3-8)12-11(6-7-11)10(14)15/h8H,1-7H2,(H,12,13)(H,14,15). The fraction of sp³-hybridized carbons (Fsp3) is 0.818. The van der Waals surface area contributed by atoms with Crippen LogP contribution in [0.1, 0.15) is 44.9 Å². The quantitative estimate of drug-likeness (QED) is 0.720. The van der Waals surface area contributed by atoms with Crippen LogP contribution in [0.15, 0.2) is 0 Å². The van der Waals surface area contributed by atoms with Crippen molar-refractivity contribution < 1.29 is 14.7 Å². The Balaban J connectivity index is 1.70. The Kier molecular flexibility index (Phi) is 2.67. The van der Waals surface area contributed by atoms with Crippen molar-refractivity contribution in [3.63, 3.8) is 0 Å². The SMILES string of the molecule is O=C(CCC1CCC1)NC1(C(=O)O)CC1. The highest BCUT2D eigenvalue weighted by atomic mass is 16.4. The number of aliphatic carboxylic acids is 1. The van der Waals surface area contributed by atoms with Gasteiger partial charge in [-0.1, -0.05) is 19.3 Å². The van der Waals surface area contributed by atoms with E-state index in [1.165, 1.54) is 19.3 Å². The van der Waals surface area contributed by atoms with Gasteiger partial charge in [0.2, 0.25) is 5.91 Å². The second-order valence-corrected chi connectivity index (χ2v) is 4.77. The van der Waals surface area contributed by atoms with E-state index in [4.69, 9.17) is 5.11 Å². The highest BCUT2D eigenvalue weighted by Crippen LogP contribution is 2.36. The number of carbonyl (C=O) groups excluding carboxylic acids is 1. The van der Waals surface area contributed by atoms with Crippen molar-refractivity contribution in [2.24, 2.45) is 5.92 Å². The maximum absolute atomic E-state index is 11.5. The van der Waals surface area contributed by atoms with E-state index in [0.29, 0.717) is 25.2 Å². The average molecular weight is 211 g/mol. The van der Waals surface area contributed by atoms with Gasteiger partial charge < -0.3 is 10.4 Å². The molecule has 0 aromatic rings. The molecule has 4 nitrogen and oxygen atoms in total. The van der Waals surface area contributed by atoms with E-state index >= 15 is 0 Å². The Bertz CT molecular complexity index is 280. The molecule has 84 valence electrons. The predicted molar refractivity (Wildman–Crippen MR) is 54.3 cm³/mol. The second kappa shape index (κ2) is 3.83. The Morgan fingerprint density at radius 2 is 2.00 bits per heavy atom. The van der Waals surface area contributed by atoms with Crippen LogP contribution < -0.4 is 5.32 Å². The summed E-state index contributed by atoms with van der Waals surface area (Å²) < 4.78 is 0. The van der Waals surface area contributed by atoms with E-state index < -0.39 is 11.5 Å². The minimum absolute atomic E-state index is 0.0956. The van der Waals surface area contributed by atoms with Crippen molar-refractivity contribution in [2.45, 2.75) is 50.5 Å². The first-order chi connectivity index (χ1) is 7.12. The Labute approximate surface area is 89.0 Å². The highest BCUT2D eigenvalue weighted by Gasteiger charge is 2.51. The van der Waals surface area contributed by atoms with Gasteiger partial charge in [-0.3, -0.25) is 4.79 Å². The molecular formula is C11H17NO3. The van der Waals surface area contributed by atoms with Gasteiger partial charge in [0.15, 0.2) is 0 Å². The normalized spacial score (nSPS) is 22.9. The van der Waals surface area contributed by atoms with Gasteiger partial charge in [-0.15, -0.1) is 0 Å². The van der Waals surface area contributed by atoms with Crippen molar-refractivity contribution >= 4 is 11.9 Å². The molecule has 15 heavy (non-hydrogen) atoms. The number of hydrogen-bond donors (Lipinski definition) is 2. The number of carboxylic acids is 1. The van der Waals surface area contributed by atoms with Crippen LogP contribution in [0.2, 0.25) is 0 Å². The van der Waals surface area contributed by atoms with Crippen LogP contribution in [0, 0.1) is 5.92 Å². The predicted octanol–water partition coefficient (Wildman–Crippen LogP) is 1.30. The molecule has 2 fully saturated rings. The molecule has 2 aliphatic carbocycles. The van der Waals surface area contributed by atoms with Crippen LogP contribution in [-0.4, -0.2) is 22.5 Å². The van der Waals surface area contributed by atoms with Gasteiger partial charge in [0.05, 0.1) is 0 Å². The molecule has 4 heteroatoms. The smallest absolute Gasteiger partial charge is 0.329 e. The lowest BCUT2D eigenvalue weighted by Gasteiger charge is -2.25. The van der Waals surface area contributed by atoms with E-state index in [1.807, 2.05) is 0 Å². The molecule has 2 N–H and O–H groups in total. The van der Waals surface area contributed by atoms with Gasteiger partial charge in [-0.25, -0.2) is 4.79 Å². The van der Waals surface area contributed by atoms with Crippen LogP contribution in [0.3, 0.4) is 0 Å². The molecule has 0 saturated heterocycles. The zero-order chi connectivity index (χ0) is 10.9. The molecule has 0 atom stereocenters. The van der Waals surface area contributed by atoms with Gasteiger partial charge in [-0.2, -0.15) is 0 Å². The Morgan fingerprint density at radius 1 is 1.33 bits per heavy atom. The fourth-order valence-electron chi connectivity index (χ4n) is 1.96. The molecule has 0 bridgehead atoms. The van der Waals surface area contributed by atoms with Crippen molar-refractivity contribution in [2.75, 3.05) is 0 Å². The van der Waals surface area contributed by atoms with Crippen molar-refractivity contribution in [3.8, 4) is 0 Å². The molecule has 0 heterocycles. The Hall–Kier alpha value is -1.06. The molecule has 1 amide bonds. The monoisotopic (exact) mass is 211 g/mol. The van der Waals surface area contributed by atoms with E-state index in [2.05, 4.69) is 5.32 Å². The fourth-order valence-corrected chi connectivity index (χ4v) is 1.96.